The summed E-state index contributed by atoms with van der Waals surface area (Å²) in [6.45, 7) is 8.19. The van der Waals surface area contributed by atoms with Crippen LogP contribution in [0.3, 0.4) is 0 Å². The Hall–Kier alpha value is -1.78. The van der Waals surface area contributed by atoms with Gasteiger partial charge in [0.25, 0.3) is 0 Å². The lowest BCUT2D eigenvalue weighted by molar-refractivity contribution is -0.138. The molecule has 0 aliphatic carbocycles. The first-order valence-electron chi connectivity index (χ1n) is 5.61. The smallest absolute Gasteiger partial charge is 0.417 e. The van der Waals surface area contributed by atoms with Gasteiger partial charge in [-0.2, -0.15) is 13.2 Å². The maximum absolute atomic E-state index is 12.9. The van der Waals surface area contributed by atoms with Crippen LogP contribution >= 0.6 is 0 Å². The quantitative estimate of drug-likeness (QED) is 0.750. The minimum atomic E-state index is -4.62. The summed E-state index contributed by atoms with van der Waals surface area (Å²) in [6.07, 6.45) is -3.33. The lowest BCUT2D eigenvalue weighted by atomic mass is 10.0. The third-order valence-electron chi connectivity index (χ3n) is 2.20. The summed E-state index contributed by atoms with van der Waals surface area (Å²) in [7, 11) is 0. The second-order valence-corrected chi connectivity index (χ2v) is 5.01. The molecule has 1 rings (SSSR count). The largest absolute Gasteiger partial charge is 0.456 e. The average molecular weight is 272 g/mol. The van der Waals surface area contributed by atoms with Crippen molar-refractivity contribution in [3.05, 3.63) is 41.5 Å². The van der Waals surface area contributed by atoms with E-state index in [1.807, 2.05) is 0 Å². The lowest BCUT2D eigenvalue weighted by Crippen LogP contribution is -2.25. The van der Waals surface area contributed by atoms with E-state index in [0.717, 1.165) is 12.1 Å². The summed E-state index contributed by atoms with van der Waals surface area (Å²) >= 11 is 0. The van der Waals surface area contributed by atoms with Crippen molar-refractivity contribution in [1.29, 1.82) is 0 Å². The van der Waals surface area contributed by atoms with Crippen LogP contribution < -0.4 is 0 Å². The summed E-state index contributed by atoms with van der Waals surface area (Å²) in [5.74, 6) is -0.990. The van der Waals surface area contributed by atoms with Gasteiger partial charge in [-0.3, -0.25) is 0 Å². The van der Waals surface area contributed by atoms with Crippen molar-refractivity contribution in [3.8, 4) is 0 Å². The molecule has 0 amide bonds. The monoisotopic (exact) mass is 272 g/mol. The van der Waals surface area contributed by atoms with Crippen LogP contribution in [0.25, 0.3) is 6.08 Å². The normalized spacial score (nSPS) is 12.1. The molecule has 1 aromatic rings. The van der Waals surface area contributed by atoms with Crippen molar-refractivity contribution in [2.45, 2.75) is 32.5 Å². The van der Waals surface area contributed by atoms with Crippen LogP contribution in [0.15, 0.2) is 24.8 Å². The molecule has 0 atom stereocenters. The van der Waals surface area contributed by atoms with E-state index >= 15 is 0 Å². The zero-order chi connectivity index (χ0) is 14.8. The Kier molecular flexibility index (Phi) is 4.08. The van der Waals surface area contributed by atoms with E-state index in [2.05, 4.69) is 6.58 Å². The highest BCUT2D eigenvalue weighted by Gasteiger charge is 2.36. The van der Waals surface area contributed by atoms with Gasteiger partial charge in [0.05, 0.1) is 11.1 Å². The van der Waals surface area contributed by atoms with E-state index in [4.69, 9.17) is 4.74 Å². The number of carbonyl (C=O) groups is 1. The maximum atomic E-state index is 12.9. The molecule has 0 aliphatic heterocycles. The fourth-order valence-electron chi connectivity index (χ4n) is 1.43. The molecule has 0 bridgehead atoms. The highest BCUT2D eigenvalue weighted by molar-refractivity contribution is 5.92. The van der Waals surface area contributed by atoms with Crippen LogP contribution in [0.1, 0.15) is 42.3 Å². The first-order valence-corrected chi connectivity index (χ1v) is 5.61. The Bertz CT molecular complexity index is 496. The highest BCUT2D eigenvalue weighted by atomic mass is 19.4. The van der Waals surface area contributed by atoms with Crippen molar-refractivity contribution in [2.75, 3.05) is 0 Å². The molecular formula is C14H15F3O2. The molecule has 0 unspecified atom stereocenters. The third-order valence-corrected chi connectivity index (χ3v) is 2.20. The number of carbonyl (C=O) groups excluding carboxylic acids is 1. The molecule has 5 heteroatoms. The van der Waals surface area contributed by atoms with Gasteiger partial charge >= 0.3 is 12.1 Å². The van der Waals surface area contributed by atoms with Gasteiger partial charge in [-0.05, 0) is 38.5 Å². The highest BCUT2D eigenvalue weighted by Crippen LogP contribution is 2.33. The number of alkyl halides is 3. The molecule has 0 saturated heterocycles. The molecule has 2 nitrogen and oxygen atoms in total. The van der Waals surface area contributed by atoms with Gasteiger partial charge in [0.15, 0.2) is 0 Å². The predicted molar refractivity (Wildman–Crippen MR) is 66.7 cm³/mol. The van der Waals surface area contributed by atoms with Crippen LogP contribution in [0.4, 0.5) is 13.2 Å². The molecule has 104 valence electrons. The minimum Gasteiger partial charge on any atom is -0.456 e. The molecule has 0 fully saturated rings. The van der Waals surface area contributed by atoms with Crippen LogP contribution in [-0.2, 0) is 10.9 Å². The lowest BCUT2D eigenvalue weighted by Gasteiger charge is -2.21. The molecule has 0 radical (unpaired) electrons. The van der Waals surface area contributed by atoms with E-state index < -0.39 is 28.9 Å². The second kappa shape index (κ2) is 5.07. The summed E-state index contributed by atoms with van der Waals surface area (Å²) in [5.41, 5.74) is -2.07. The van der Waals surface area contributed by atoms with Crippen molar-refractivity contribution >= 4 is 12.0 Å². The minimum absolute atomic E-state index is 0.291. The summed E-state index contributed by atoms with van der Waals surface area (Å²) in [6, 6.07) is 3.38. The van der Waals surface area contributed by atoms with Crippen molar-refractivity contribution in [2.24, 2.45) is 0 Å². The Labute approximate surface area is 109 Å². The van der Waals surface area contributed by atoms with E-state index in [1.54, 1.807) is 20.8 Å². The Morgan fingerprint density at radius 1 is 1.26 bits per heavy atom. The summed E-state index contributed by atoms with van der Waals surface area (Å²) in [4.78, 5) is 11.8. The number of esters is 1. The van der Waals surface area contributed by atoms with E-state index in [0.29, 0.717) is 5.56 Å². The topological polar surface area (TPSA) is 26.3 Å². The number of hydrogen-bond donors (Lipinski definition) is 0. The molecule has 0 heterocycles. The zero-order valence-electron chi connectivity index (χ0n) is 11.0. The molecule has 0 N–H and O–H groups in total. The predicted octanol–water partition coefficient (Wildman–Crippen LogP) is 4.30. The number of benzene rings is 1. The number of ether oxygens (including phenoxy) is 1. The molecule has 0 spiro atoms. The number of halogens is 3. The molecule has 0 saturated carbocycles. The third kappa shape index (κ3) is 4.12. The van der Waals surface area contributed by atoms with E-state index in [1.165, 1.54) is 12.1 Å². The van der Waals surface area contributed by atoms with Crippen molar-refractivity contribution in [3.63, 3.8) is 0 Å². The zero-order valence-corrected chi connectivity index (χ0v) is 11.0. The van der Waals surface area contributed by atoms with Gasteiger partial charge in [-0.25, -0.2) is 4.79 Å². The van der Waals surface area contributed by atoms with E-state index in [9.17, 15) is 18.0 Å². The first-order chi connectivity index (χ1) is 8.54. The first kappa shape index (κ1) is 15.3. The van der Waals surface area contributed by atoms with Gasteiger partial charge < -0.3 is 4.74 Å². The van der Waals surface area contributed by atoms with E-state index in [-0.39, 0.29) is 0 Å². The van der Waals surface area contributed by atoms with Crippen LogP contribution in [0.2, 0.25) is 0 Å². The maximum Gasteiger partial charge on any atom is 0.417 e. The second-order valence-electron chi connectivity index (χ2n) is 5.01. The van der Waals surface area contributed by atoms with Gasteiger partial charge in [0, 0.05) is 0 Å². The summed E-state index contributed by atoms with van der Waals surface area (Å²) in [5, 5.41) is 0. The SMILES string of the molecule is C=Cc1ccc(C(=O)OC(C)(C)C)c(C(F)(F)F)c1. The number of rotatable bonds is 2. The Morgan fingerprint density at radius 3 is 2.26 bits per heavy atom. The fraction of sp³-hybridized carbons (Fsp3) is 0.357. The molecule has 0 aliphatic rings. The standard InChI is InChI=1S/C14H15F3O2/c1-5-9-6-7-10(11(8-9)14(15,16)17)12(18)19-13(2,3)4/h5-8H,1H2,2-4H3. The van der Waals surface area contributed by atoms with Crippen molar-refractivity contribution in [1.82, 2.24) is 0 Å². The fourth-order valence-corrected chi connectivity index (χ4v) is 1.43. The van der Waals surface area contributed by atoms with Crippen LogP contribution in [0, 0.1) is 0 Å². The van der Waals surface area contributed by atoms with Gasteiger partial charge in [-0.15, -0.1) is 0 Å². The number of hydrogen-bond acceptors (Lipinski definition) is 2. The van der Waals surface area contributed by atoms with Gasteiger partial charge in [0.1, 0.15) is 5.60 Å². The van der Waals surface area contributed by atoms with Gasteiger partial charge in [-0.1, -0.05) is 18.7 Å². The van der Waals surface area contributed by atoms with Gasteiger partial charge in [0.2, 0.25) is 0 Å². The van der Waals surface area contributed by atoms with Crippen LogP contribution in [-0.4, -0.2) is 11.6 Å². The van der Waals surface area contributed by atoms with Crippen LogP contribution in [0.5, 0.6) is 0 Å². The molecule has 19 heavy (non-hydrogen) atoms. The van der Waals surface area contributed by atoms with Crippen molar-refractivity contribution < 1.29 is 22.7 Å². The average Bonchev–Trinajstić information content (AvgIpc) is 2.24. The molecule has 0 aromatic heterocycles. The molecule has 1 aromatic carbocycles. The Balaban J connectivity index is 3.27. The molecular weight excluding hydrogens is 257 g/mol. The Morgan fingerprint density at radius 2 is 1.84 bits per heavy atom. The summed E-state index contributed by atoms with van der Waals surface area (Å²) < 4.78 is 43.7.